The largest absolute Gasteiger partial charge is 0.376 e. The molecule has 0 bridgehead atoms. The van der Waals surface area contributed by atoms with Gasteiger partial charge in [0.15, 0.2) is 10.8 Å². The quantitative estimate of drug-likeness (QED) is 0.645. The highest BCUT2D eigenvalue weighted by Gasteiger charge is 2.29. The van der Waals surface area contributed by atoms with E-state index in [-0.39, 0.29) is 12.0 Å². The number of ether oxygens (including phenoxy) is 1. The van der Waals surface area contributed by atoms with Crippen LogP contribution in [0.4, 0.5) is 5.13 Å². The predicted molar refractivity (Wildman–Crippen MR) is 106 cm³/mol. The summed E-state index contributed by atoms with van der Waals surface area (Å²) in [6.07, 6.45) is 2.00. The van der Waals surface area contributed by atoms with Crippen molar-refractivity contribution in [3.05, 3.63) is 41.3 Å². The van der Waals surface area contributed by atoms with E-state index in [1.807, 2.05) is 6.07 Å². The second kappa shape index (κ2) is 7.40. The fourth-order valence-corrected chi connectivity index (χ4v) is 4.39. The molecule has 1 amide bonds. The van der Waals surface area contributed by atoms with Gasteiger partial charge < -0.3 is 9.26 Å². The summed E-state index contributed by atoms with van der Waals surface area (Å²) in [4.78, 5) is 19.7. The van der Waals surface area contributed by atoms with E-state index in [2.05, 4.69) is 31.1 Å². The van der Waals surface area contributed by atoms with Gasteiger partial charge in [0.1, 0.15) is 5.76 Å². The van der Waals surface area contributed by atoms with Gasteiger partial charge in [-0.05, 0) is 37.3 Å². The molecule has 2 aromatic heterocycles. The highest BCUT2D eigenvalue weighted by Crippen LogP contribution is 2.34. The molecule has 1 aromatic carbocycles. The lowest BCUT2D eigenvalue weighted by Crippen LogP contribution is -2.37. The number of aryl methyl sites for hydroxylation is 1. The Hall–Kier alpha value is -2.25. The van der Waals surface area contributed by atoms with Crippen molar-refractivity contribution in [1.29, 1.82) is 0 Å². The van der Waals surface area contributed by atoms with Crippen LogP contribution in [0, 0.1) is 6.92 Å². The van der Waals surface area contributed by atoms with E-state index in [0.29, 0.717) is 29.0 Å². The number of amides is 1. The van der Waals surface area contributed by atoms with Crippen LogP contribution in [-0.2, 0) is 4.74 Å². The van der Waals surface area contributed by atoms with Gasteiger partial charge in [0.25, 0.3) is 5.91 Å². The van der Waals surface area contributed by atoms with E-state index < -0.39 is 0 Å². The number of carbonyl (C=O) groups is 1. The first-order chi connectivity index (χ1) is 13.0. The van der Waals surface area contributed by atoms with Gasteiger partial charge >= 0.3 is 0 Å². The van der Waals surface area contributed by atoms with Crippen molar-refractivity contribution >= 4 is 32.6 Å². The van der Waals surface area contributed by atoms with Crippen LogP contribution in [0.5, 0.6) is 0 Å². The van der Waals surface area contributed by atoms with E-state index in [4.69, 9.17) is 14.2 Å². The third-order valence-electron chi connectivity index (χ3n) is 4.79. The van der Waals surface area contributed by atoms with Crippen LogP contribution in [0.3, 0.4) is 0 Å². The molecule has 0 N–H and O–H groups in total. The molecule has 1 aliphatic heterocycles. The van der Waals surface area contributed by atoms with Gasteiger partial charge in [-0.25, -0.2) is 4.98 Å². The normalized spacial score (nSPS) is 17.1. The number of hydrogen-bond donors (Lipinski definition) is 0. The number of para-hydroxylation sites is 1. The predicted octanol–water partition coefficient (Wildman–Crippen LogP) is 4.54. The van der Waals surface area contributed by atoms with E-state index >= 15 is 0 Å². The van der Waals surface area contributed by atoms with Gasteiger partial charge in [0, 0.05) is 12.7 Å². The Balaban J connectivity index is 1.74. The molecule has 0 saturated carbocycles. The second-order valence-electron chi connectivity index (χ2n) is 7.22. The molecule has 1 aliphatic rings. The Bertz CT molecular complexity index is 956. The summed E-state index contributed by atoms with van der Waals surface area (Å²) in [5.41, 5.74) is 2.46. The minimum atomic E-state index is -0.201. The summed E-state index contributed by atoms with van der Waals surface area (Å²) in [6, 6.07) is 7.87. The van der Waals surface area contributed by atoms with Gasteiger partial charge in [-0.3, -0.25) is 9.69 Å². The first kappa shape index (κ1) is 18.1. The summed E-state index contributed by atoms with van der Waals surface area (Å²) in [7, 11) is 0. The monoisotopic (exact) mass is 385 g/mol. The molecular formula is C20H23N3O3S. The molecule has 142 valence electrons. The Morgan fingerprint density at radius 3 is 2.93 bits per heavy atom. The molecule has 1 fully saturated rings. The third kappa shape index (κ3) is 3.61. The summed E-state index contributed by atoms with van der Waals surface area (Å²) in [6.45, 7) is 7.30. The number of fused-ring (bicyclic) bond motifs is 1. The van der Waals surface area contributed by atoms with E-state index in [1.165, 1.54) is 16.9 Å². The van der Waals surface area contributed by atoms with E-state index in [0.717, 1.165) is 29.7 Å². The zero-order valence-electron chi connectivity index (χ0n) is 15.8. The molecule has 0 radical (unpaired) electrons. The fraction of sp³-hybridized carbons (Fsp3) is 0.450. The average molecular weight is 385 g/mol. The number of thiazole rings is 1. The maximum Gasteiger partial charge on any atom is 0.282 e. The number of aromatic nitrogens is 2. The van der Waals surface area contributed by atoms with Gasteiger partial charge in [-0.15, -0.1) is 0 Å². The molecule has 0 spiro atoms. The first-order valence-electron chi connectivity index (χ1n) is 9.29. The van der Waals surface area contributed by atoms with Crippen molar-refractivity contribution in [1.82, 2.24) is 10.1 Å². The van der Waals surface area contributed by atoms with E-state index in [9.17, 15) is 4.79 Å². The van der Waals surface area contributed by atoms with Crippen molar-refractivity contribution in [3.63, 3.8) is 0 Å². The number of hydrogen-bond acceptors (Lipinski definition) is 6. The highest BCUT2D eigenvalue weighted by atomic mass is 32.1. The van der Waals surface area contributed by atoms with Crippen LogP contribution >= 0.6 is 11.3 Å². The van der Waals surface area contributed by atoms with Crippen molar-refractivity contribution in [3.8, 4) is 0 Å². The Morgan fingerprint density at radius 2 is 2.26 bits per heavy atom. The van der Waals surface area contributed by atoms with Crippen molar-refractivity contribution in [2.24, 2.45) is 0 Å². The molecular weight excluding hydrogens is 362 g/mol. The molecule has 0 unspecified atom stereocenters. The summed E-state index contributed by atoms with van der Waals surface area (Å²) in [5, 5.41) is 4.59. The molecule has 1 atom stereocenters. The van der Waals surface area contributed by atoms with Crippen molar-refractivity contribution < 1.29 is 14.1 Å². The molecule has 7 heteroatoms. The number of carbonyl (C=O) groups excluding carboxylic acids is 1. The molecule has 3 heterocycles. The average Bonchev–Trinajstić information content (AvgIpc) is 3.38. The number of nitrogens with zero attached hydrogens (tertiary/aromatic N) is 3. The summed E-state index contributed by atoms with van der Waals surface area (Å²) in [5.74, 6) is 0.776. The Kier molecular flexibility index (Phi) is 4.97. The third-order valence-corrected chi connectivity index (χ3v) is 5.84. The number of rotatable bonds is 5. The zero-order chi connectivity index (χ0) is 19.0. The molecule has 1 saturated heterocycles. The maximum absolute atomic E-state index is 13.2. The molecule has 4 rings (SSSR count). The van der Waals surface area contributed by atoms with E-state index in [1.54, 1.807) is 17.9 Å². The van der Waals surface area contributed by atoms with Crippen LogP contribution in [0.2, 0.25) is 0 Å². The van der Waals surface area contributed by atoms with Crippen LogP contribution in [0.25, 0.3) is 10.2 Å². The van der Waals surface area contributed by atoms with Gasteiger partial charge in [0.2, 0.25) is 0 Å². The topological polar surface area (TPSA) is 68.5 Å². The lowest BCUT2D eigenvalue weighted by Gasteiger charge is -2.22. The summed E-state index contributed by atoms with van der Waals surface area (Å²) >= 11 is 1.53. The molecule has 6 nitrogen and oxygen atoms in total. The highest BCUT2D eigenvalue weighted by molar-refractivity contribution is 7.22. The SMILES string of the molecule is Cc1cc(C(=O)N(C[C@H]2CCCO2)c2nc3c(C(C)C)cccc3s2)no1. The second-order valence-corrected chi connectivity index (χ2v) is 8.23. The summed E-state index contributed by atoms with van der Waals surface area (Å²) < 4.78 is 12.0. The van der Waals surface area contributed by atoms with Crippen LogP contribution < -0.4 is 4.90 Å². The minimum absolute atomic E-state index is 0.0264. The number of benzene rings is 1. The Labute approximate surface area is 162 Å². The lowest BCUT2D eigenvalue weighted by atomic mass is 10.0. The maximum atomic E-state index is 13.2. The molecule has 0 aliphatic carbocycles. The van der Waals surface area contributed by atoms with Crippen molar-refractivity contribution in [2.75, 3.05) is 18.1 Å². The zero-order valence-corrected chi connectivity index (χ0v) is 16.6. The van der Waals surface area contributed by atoms with Gasteiger partial charge in [-0.1, -0.05) is 42.5 Å². The smallest absolute Gasteiger partial charge is 0.282 e. The first-order valence-corrected chi connectivity index (χ1v) is 10.1. The van der Waals surface area contributed by atoms with Crippen molar-refractivity contribution in [2.45, 2.75) is 45.6 Å². The van der Waals surface area contributed by atoms with Crippen LogP contribution in [-0.4, -0.2) is 35.3 Å². The van der Waals surface area contributed by atoms with Crippen LogP contribution in [0.1, 0.15) is 54.4 Å². The van der Waals surface area contributed by atoms with Gasteiger partial charge in [-0.2, -0.15) is 0 Å². The van der Waals surface area contributed by atoms with Gasteiger partial charge in [0.05, 0.1) is 22.9 Å². The molecule has 3 aromatic rings. The lowest BCUT2D eigenvalue weighted by molar-refractivity contribution is 0.0910. The fourth-order valence-electron chi connectivity index (χ4n) is 3.38. The Morgan fingerprint density at radius 1 is 1.41 bits per heavy atom. The minimum Gasteiger partial charge on any atom is -0.376 e. The molecule has 27 heavy (non-hydrogen) atoms. The standard InChI is InChI=1S/C20H23N3O3S/c1-12(2)15-7-4-8-17-18(15)21-20(27-17)23(11-14-6-5-9-25-14)19(24)16-10-13(3)26-22-16/h4,7-8,10,12,14H,5-6,9,11H2,1-3H3/t14-/m1/s1. The van der Waals surface area contributed by atoms with Crippen LogP contribution in [0.15, 0.2) is 28.8 Å². The number of anilines is 1.